The predicted molar refractivity (Wildman–Crippen MR) is 167 cm³/mol. The molecule has 4 rings (SSSR count). The number of ether oxygens (including phenoxy) is 1. The number of fused-ring (bicyclic) bond motifs is 1. The molecule has 0 aromatic heterocycles. The molecule has 2 aliphatic heterocycles. The number of benzene rings is 2. The van der Waals surface area contributed by atoms with Gasteiger partial charge in [0, 0.05) is 30.1 Å². The molecular weight excluding hydrogens is 505 g/mol. The lowest BCUT2D eigenvalue weighted by Gasteiger charge is -2.33. The average molecular weight is 554 g/mol. The Morgan fingerprint density at radius 2 is 1.68 bits per heavy atom. The van der Waals surface area contributed by atoms with Crippen LogP contribution in [0.2, 0.25) is 0 Å². The van der Waals surface area contributed by atoms with Crippen molar-refractivity contribution >= 4 is 11.1 Å². The van der Waals surface area contributed by atoms with Crippen LogP contribution < -0.4 is 4.74 Å². The third-order valence-corrected chi connectivity index (χ3v) is 6.12. The molecule has 0 aliphatic carbocycles. The summed E-state index contributed by atoms with van der Waals surface area (Å²) in [5, 5.41) is 29.7. The van der Waals surface area contributed by atoms with Crippen molar-refractivity contribution in [2.45, 2.75) is 61.0 Å². The molecule has 0 saturated carbocycles. The Kier molecular flexibility index (Phi) is 14.9. The van der Waals surface area contributed by atoms with Gasteiger partial charge in [-0.1, -0.05) is 70.6 Å². The zero-order valence-electron chi connectivity index (χ0n) is 25.5. The Bertz CT molecular complexity index is 1190. The lowest BCUT2D eigenvalue weighted by Crippen LogP contribution is -2.44. The van der Waals surface area contributed by atoms with E-state index in [9.17, 15) is 19.7 Å². The van der Waals surface area contributed by atoms with Crippen molar-refractivity contribution < 1.29 is 24.4 Å². The van der Waals surface area contributed by atoms with Gasteiger partial charge in [0.1, 0.15) is 17.6 Å². The monoisotopic (exact) mass is 553 g/mol. The third kappa shape index (κ3) is 9.60. The highest BCUT2D eigenvalue weighted by molar-refractivity contribution is 5.97. The summed E-state index contributed by atoms with van der Waals surface area (Å²) < 4.78 is 17.9. The van der Waals surface area contributed by atoms with Crippen molar-refractivity contribution in [1.82, 2.24) is 4.90 Å². The van der Waals surface area contributed by atoms with Gasteiger partial charge in [-0.15, -0.1) is 0 Å². The minimum absolute atomic E-state index is 0.135. The molecule has 2 aliphatic rings. The van der Waals surface area contributed by atoms with Gasteiger partial charge in [0.05, 0.1) is 6.67 Å². The zero-order chi connectivity index (χ0) is 30.4. The largest absolute Gasteiger partial charge is 0.508 e. The highest BCUT2D eigenvalue weighted by Gasteiger charge is 2.30. The number of halogens is 1. The molecule has 5 nitrogen and oxygen atoms in total. The minimum Gasteiger partial charge on any atom is -0.508 e. The van der Waals surface area contributed by atoms with E-state index in [4.69, 9.17) is 4.74 Å². The Morgan fingerprint density at radius 1 is 1.05 bits per heavy atom. The fourth-order valence-electron chi connectivity index (χ4n) is 4.23. The van der Waals surface area contributed by atoms with Gasteiger partial charge < -0.3 is 25.0 Å². The Hall–Kier alpha value is -3.51. The summed E-state index contributed by atoms with van der Waals surface area (Å²) in [6, 6.07) is 9.74. The fraction of sp³-hybridized carbons (Fsp3) is 0.412. The molecule has 0 radical (unpaired) electrons. The first-order valence-corrected chi connectivity index (χ1v) is 14.0. The van der Waals surface area contributed by atoms with Crippen LogP contribution in [0.25, 0.3) is 11.1 Å². The minimum atomic E-state index is -0.415. The Labute approximate surface area is 240 Å². The van der Waals surface area contributed by atoms with Crippen molar-refractivity contribution in [2.24, 2.45) is 5.92 Å². The first-order chi connectivity index (χ1) is 19.1. The standard InChI is InChI=1S/C24H24O4.C5H10FN.C3H8.C2H6/c1-5-16(7-6-14(2)3)24-23(17-8-10-20(26)21(27)12-17)15(4)19-13-18(25)9-11-22(19)28-24;1-7-3-5(2-6)4-7;1-3-2;1-2/h5-13,24-27H,2H2,1,3-4H3;5H,2-4H2,1H3;3H2,1-2H3;1-2H3/b7-6-,16-5+;;;. The van der Waals surface area contributed by atoms with E-state index < -0.39 is 6.10 Å². The topological polar surface area (TPSA) is 73.2 Å². The summed E-state index contributed by atoms with van der Waals surface area (Å²) in [4.78, 5) is 2.12. The number of phenolic OH excluding ortho intramolecular Hbond substituents is 3. The second-order valence-electron chi connectivity index (χ2n) is 9.84. The molecule has 2 aromatic carbocycles. The van der Waals surface area contributed by atoms with E-state index in [1.807, 2.05) is 59.9 Å². The molecule has 1 atom stereocenters. The van der Waals surface area contributed by atoms with Crippen molar-refractivity contribution in [3.8, 4) is 23.0 Å². The van der Waals surface area contributed by atoms with Gasteiger partial charge in [-0.25, -0.2) is 0 Å². The maximum absolute atomic E-state index is 11.6. The van der Waals surface area contributed by atoms with Gasteiger partial charge in [-0.2, -0.15) is 0 Å². The van der Waals surface area contributed by atoms with Crippen LogP contribution in [0.1, 0.15) is 66.0 Å². The zero-order valence-corrected chi connectivity index (χ0v) is 25.5. The van der Waals surface area contributed by atoms with Crippen LogP contribution in [-0.4, -0.2) is 53.1 Å². The summed E-state index contributed by atoms with van der Waals surface area (Å²) in [5.74, 6) is 0.807. The van der Waals surface area contributed by atoms with Crippen molar-refractivity contribution in [3.63, 3.8) is 0 Å². The maximum Gasteiger partial charge on any atom is 0.158 e. The second-order valence-corrected chi connectivity index (χ2v) is 9.84. The van der Waals surface area contributed by atoms with Crippen LogP contribution in [0, 0.1) is 5.92 Å². The number of phenols is 3. The maximum atomic E-state index is 11.6. The molecule has 0 bridgehead atoms. The normalized spacial score (nSPS) is 16.7. The molecule has 0 amide bonds. The number of allylic oxidation sites excluding steroid dienone is 4. The van der Waals surface area contributed by atoms with Crippen molar-refractivity contribution in [3.05, 3.63) is 83.5 Å². The van der Waals surface area contributed by atoms with Gasteiger partial charge in [0.2, 0.25) is 0 Å². The first kappa shape index (κ1) is 34.5. The van der Waals surface area contributed by atoms with Crippen LogP contribution in [0.15, 0.2) is 72.4 Å². The third-order valence-electron chi connectivity index (χ3n) is 6.12. The van der Waals surface area contributed by atoms with Crippen LogP contribution in [0.4, 0.5) is 4.39 Å². The van der Waals surface area contributed by atoms with E-state index >= 15 is 0 Å². The molecular formula is C34H48FNO4. The molecule has 1 saturated heterocycles. The van der Waals surface area contributed by atoms with Crippen molar-refractivity contribution in [1.29, 1.82) is 0 Å². The summed E-state index contributed by atoms with van der Waals surface area (Å²) in [5.41, 5.74) is 5.16. The highest BCUT2D eigenvalue weighted by Crippen LogP contribution is 2.44. The smallest absolute Gasteiger partial charge is 0.158 e. The molecule has 220 valence electrons. The van der Waals surface area contributed by atoms with E-state index in [0.717, 1.165) is 46.5 Å². The predicted octanol–water partition coefficient (Wildman–Crippen LogP) is 8.53. The molecule has 2 aromatic rings. The van der Waals surface area contributed by atoms with Gasteiger partial charge in [-0.3, -0.25) is 4.39 Å². The van der Waals surface area contributed by atoms with Crippen LogP contribution in [0.5, 0.6) is 23.0 Å². The molecule has 6 heteroatoms. The molecule has 1 fully saturated rings. The van der Waals surface area contributed by atoms with Gasteiger partial charge in [0.15, 0.2) is 11.5 Å². The van der Waals surface area contributed by atoms with E-state index in [0.29, 0.717) is 11.7 Å². The van der Waals surface area contributed by atoms with E-state index in [1.54, 1.807) is 24.3 Å². The summed E-state index contributed by atoms with van der Waals surface area (Å²) in [7, 11) is 2.01. The summed E-state index contributed by atoms with van der Waals surface area (Å²) >= 11 is 0. The Balaban J connectivity index is 0.000000558. The number of rotatable bonds is 5. The van der Waals surface area contributed by atoms with Crippen LogP contribution >= 0.6 is 0 Å². The molecule has 3 N–H and O–H groups in total. The second kappa shape index (κ2) is 17.2. The average Bonchev–Trinajstić information content (AvgIpc) is 2.91. The molecule has 1 unspecified atom stereocenters. The van der Waals surface area contributed by atoms with E-state index in [-0.39, 0.29) is 23.9 Å². The Morgan fingerprint density at radius 3 is 2.15 bits per heavy atom. The summed E-state index contributed by atoms with van der Waals surface area (Å²) in [6.45, 7) is 19.8. The van der Waals surface area contributed by atoms with Crippen LogP contribution in [0.3, 0.4) is 0 Å². The van der Waals surface area contributed by atoms with E-state index in [1.165, 1.54) is 18.6 Å². The molecule has 40 heavy (non-hydrogen) atoms. The van der Waals surface area contributed by atoms with Crippen LogP contribution in [-0.2, 0) is 0 Å². The number of hydrogen-bond acceptors (Lipinski definition) is 5. The molecule has 2 heterocycles. The van der Waals surface area contributed by atoms with Gasteiger partial charge in [-0.05, 0) is 74.9 Å². The van der Waals surface area contributed by atoms with E-state index in [2.05, 4.69) is 25.3 Å². The SMILES string of the molecule is C=C(C)/C=C\C(=C/C)C1Oc2ccc(O)cc2C(C)=C1c1ccc(O)c(O)c1.CC.CCC.CN1CC(CF)C1. The van der Waals surface area contributed by atoms with Gasteiger partial charge >= 0.3 is 0 Å². The quantitative estimate of drug-likeness (QED) is 0.256. The number of likely N-dealkylation sites (tertiary alicyclic amines) is 1. The fourth-order valence-corrected chi connectivity index (χ4v) is 4.23. The number of aromatic hydroxyl groups is 3. The first-order valence-electron chi connectivity index (χ1n) is 14.0. The number of nitrogens with zero attached hydrogens (tertiary/aromatic N) is 1. The number of alkyl halides is 1. The number of hydrogen-bond donors (Lipinski definition) is 3. The highest BCUT2D eigenvalue weighted by atomic mass is 19.1. The molecule has 0 spiro atoms. The lowest BCUT2D eigenvalue weighted by atomic mass is 9.85. The summed E-state index contributed by atoms with van der Waals surface area (Å²) in [6.07, 6.45) is 6.70. The van der Waals surface area contributed by atoms with Gasteiger partial charge in [0.25, 0.3) is 0 Å². The lowest BCUT2D eigenvalue weighted by molar-refractivity contribution is 0.110. The van der Waals surface area contributed by atoms with Crippen molar-refractivity contribution in [2.75, 3.05) is 26.8 Å².